The lowest BCUT2D eigenvalue weighted by Crippen LogP contribution is -2.38. The van der Waals surface area contributed by atoms with E-state index >= 15 is 0 Å². The van der Waals surface area contributed by atoms with Crippen molar-refractivity contribution in [2.75, 3.05) is 25.6 Å². The van der Waals surface area contributed by atoms with Crippen LogP contribution in [0.25, 0.3) is 0 Å². The summed E-state index contributed by atoms with van der Waals surface area (Å²) in [6.45, 7) is 1.12. The van der Waals surface area contributed by atoms with Crippen LogP contribution in [-0.2, 0) is 20.4 Å². The fourth-order valence-corrected chi connectivity index (χ4v) is 1.76. The van der Waals surface area contributed by atoms with E-state index in [0.29, 0.717) is 0 Å². The van der Waals surface area contributed by atoms with E-state index in [1.54, 1.807) is 5.10 Å². The number of H-pyrrole nitrogens is 1. The summed E-state index contributed by atoms with van der Waals surface area (Å²) in [4.78, 5) is 22.3. The number of esters is 1. The number of nitrogens with zero attached hydrogens (tertiary/aromatic N) is 1. The molecule has 0 radical (unpaired) electrons. The van der Waals surface area contributed by atoms with E-state index in [-0.39, 0.29) is 19.6 Å². The summed E-state index contributed by atoms with van der Waals surface area (Å²) in [7, 11) is 1.21. The molecule has 0 saturated carbocycles. The van der Waals surface area contributed by atoms with Gasteiger partial charge in [0.1, 0.15) is 5.56 Å². The molecule has 3 N–H and O–H groups in total. The number of methoxy groups -OCH3 is 1. The zero-order valence-corrected chi connectivity index (χ0v) is 13.0. The summed E-state index contributed by atoms with van der Waals surface area (Å²) in [5.41, 5.74) is -3.42. The van der Waals surface area contributed by atoms with Gasteiger partial charge >= 0.3 is 12.1 Å². The first-order valence-electron chi connectivity index (χ1n) is 6.90. The first-order valence-corrected chi connectivity index (χ1v) is 6.90. The third-order valence-corrected chi connectivity index (χ3v) is 3.04. The van der Waals surface area contributed by atoms with Crippen LogP contribution in [0.4, 0.5) is 18.9 Å². The maximum absolute atomic E-state index is 13.0. The number of carbonyl (C=O) groups excluding carboxylic acids is 1. The normalized spacial score (nSPS) is 14.1. The molecule has 0 saturated heterocycles. The van der Waals surface area contributed by atoms with Gasteiger partial charge in [0.25, 0.3) is 5.56 Å². The topological polar surface area (TPSA) is 114 Å². The second-order valence-electron chi connectivity index (χ2n) is 4.88. The number of aliphatic hydroxyl groups excluding tert-OH is 1. The molecule has 0 aliphatic carbocycles. The first kappa shape index (κ1) is 19.9. The zero-order valence-electron chi connectivity index (χ0n) is 13.0. The van der Waals surface area contributed by atoms with Crippen molar-refractivity contribution in [2.45, 2.75) is 31.7 Å². The molecule has 1 heterocycles. The second kappa shape index (κ2) is 8.64. The van der Waals surface area contributed by atoms with Crippen molar-refractivity contribution in [2.24, 2.45) is 0 Å². The van der Waals surface area contributed by atoms with Crippen LogP contribution in [0.15, 0.2) is 11.0 Å². The third kappa shape index (κ3) is 5.81. The quantitative estimate of drug-likeness (QED) is 0.461. The van der Waals surface area contributed by atoms with Gasteiger partial charge in [0.05, 0.1) is 50.8 Å². The van der Waals surface area contributed by atoms with Gasteiger partial charge in [-0.05, 0) is 6.92 Å². The minimum Gasteiger partial charge on any atom is -0.469 e. The van der Waals surface area contributed by atoms with E-state index in [9.17, 15) is 27.9 Å². The molecule has 0 unspecified atom stereocenters. The van der Waals surface area contributed by atoms with Gasteiger partial charge < -0.3 is 19.9 Å². The number of anilines is 1. The van der Waals surface area contributed by atoms with Gasteiger partial charge in [-0.2, -0.15) is 18.3 Å². The Balaban J connectivity index is 2.81. The molecule has 8 nitrogen and oxygen atoms in total. The summed E-state index contributed by atoms with van der Waals surface area (Å²) in [5.74, 6) is -0.505. The fourth-order valence-electron chi connectivity index (χ4n) is 1.76. The van der Waals surface area contributed by atoms with Crippen LogP contribution in [0.5, 0.6) is 0 Å². The van der Waals surface area contributed by atoms with Gasteiger partial charge in [-0.1, -0.05) is 0 Å². The van der Waals surface area contributed by atoms with Crippen LogP contribution in [0.3, 0.4) is 0 Å². The van der Waals surface area contributed by atoms with E-state index in [2.05, 4.69) is 15.2 Å². The highest BCUT2D eigenvalue weighted by atomic mass is 19.4. The SMILES string of the molecule is COC(=O)CCOC[C@@H](Nc1cn[nH]c(=O)c1C(F)(F)F)[C@@H](C)O. The fraction of sp³-hybridized carbons (Fsp3) is 0.615. The summed E-state index contributed by atoms with van der Waals surface area (Å²) in [6.07, 6.45) is -5.23. The van der Waals surface area contributed by atoms with Crippen molar-refractivity contribution in [1.29, 1.82) is 0 Å². The molecule has 24 heavy (non-hydrogen) atoms. The first-order chi connectivity index (χ1) is 11.2. The monoisotopic (exact) mass is 353 g/mol. The van der Waals surface area contributed by atoms with Crippen molar-refractivity contribution in [3.05, 3.63) is 22.1 Å². The van der Waals surface area contributed by atoms with Gasteiger partial charge in [0.15, 0.2) is 0 Å². The van der Waals surface area contributed by atoms with Crippen molar-refractivity contribution in [1.82, 2.24) is 10.2 Å². The number of alkyl halides is 3. The van der Waals surface area contributed by atoms with E-state index in [1.165, 1.54) is 14.0 Å². The number of hydrogen-bond acceptors (Lipinski definition) is 7. The largest absolute Gasteiger partial charge is 0.469 e. The Morgan fingerprint density at radius 1 is 1.50 bits per heavy atom. The minimum atomic E-state index is -4.89. The lowest BCUT2D eigenvalue weighted by molar-refractivity contribution is -0.142. The molecular weight excluding hydrogens is 335 g/mol. The standard InChI is InChI=1S/C13H18F3N3O5/c1-7(20)9(6-24-4-3-10(21)23-2)18-8-5-17-19-12(22)11(8)13(14,15)16/h5,7,9,20H,3-4,6H2,1-2H3,(H2,18,19,22)/t7-,9-/m1/s1. The number of ether oxygens (including phenoxy) is 2. The van der Waals surface area contributed by atoms with Crippen LogP contribution in [0.1, 0.15) is 18.9 Å². The van der Waals surface area contributed by atoms with E-state index in [4.69, 9.17) is 4.74 Å². The maximum atomic E-state index is 13.0. The summed E-state index contributed by atoms with van der Waals surface area (Å²) in [6, 6.07) is -0.952. The lowest BCUT2D eigenvalue weighted by atomic mass is 10.1. The molecule has 11 heteroatoms. The Morgan fingerprint density at radius 2 is 2.17 bits per heavy atom. The molecule has 1 rings (SSSR count). The van der Waals surface area contributed by atoms with E-state index < -0.39 is 41.1 Å². The maximum Gasteiger partial charge on any atom is 0.423 e. The number of halogens is 3. The molecule has 2 atom stereocenters. The predicted octanol–water partition coefficient (Wildman–Crippen LogP) is 0.530. The smallest absolute Gasteiger partial charge is 0.423 e. The molecule has 1 aromatic heterocycles. The van der Waals surface area contributed by atoms with Crippen molar-refractivity contribution < 1.29 is 32.5 Å². The number of aromatic nitrogens is 2. The van der Waals surface area contributed by atoms with Crippen molar-refractivity contribution in [3.8, 4) is 0 Å². The van der Waals surface area contributed by atoms with Crippen LogP contribution < -0.4 is 10.9 Å². The number of carbonyl (C=O) groups is 1. The third-order valence-electron chi connectivity index (χ3n) is 3.04. The van der Waals surface area contributed by atoms with Gasteiger partial charge in [0.2, 0.25) is 0 Å². The van der Waals surface area contributed by atoms with E-state index in [1.807, 2.05) is 0 Å². The number of rotatable bonds is 8. The summed E-state index contributed by atoms with van der Waals surface area (Å²) >= 11 is 0. The molecule has 0 aliphatic heterocycles. The van der Waals surface area contributed by atoms with Gasteiger partial charge in [0, 0.05) is 0 Å². The Morgan fingerprint density at radius 3 is 2.71 bits per heavy atom. The predicted molar refractivity (Wildman–Crippen MR) is 76.4 cm³/mol. The second-order valence-corrected chi connectivity index (χ2v) is 4.88. The molecule has 0 aliphatic rings. The van der Waals surface area contributed by atoms with Crippen LogP contribution in [0.2, 0.25) is 0 Å². The molecule has 136 valence electrons. The van der Waals surface area contributed by atoms with Crippen LogP contribution in [-0.4, -0.2) is 53.7 Å². The number of nitrogens with one attached hydrogen (secondary N) is 2. The van der Waals surface area contributed by atoms with Crippen molar-refractivity contribution in [3.63, 3.8) is 0 Å². The van der Waals surface area contributed by atoms with Gasteiger partial charge in [-0.25, -0.2) is 5.10 Å². The van der Waals surface area contributed by atoms with Crippen LogP contribution in [0, 0.1) is 0 Å². The molecule has 0 spiro atoms. The highest BCUT2D eigenvalue weighted by molar-refractivity contribution is 5.69. The molecule has 0 aromatic carbocycles. The summed E-state index contributed by atoms with van der Waals surface area (Å²) in [5, 5.41) is 17.1. The van der Waals surface area contributed by atoms with Crippen LogP contribution >= 0.6 is 0 Å². The Kier molecular flexibility index (Phi) is 7.17. The highest BCUT2D eigenvalue weighted by Gasteiger charge is 2.38. The average molecular weight is 353 g/mol. The molecule has 0 fully saturated rings. The zero-order chi connectivity index (χ0) is 18.3. The number of aliphatic hydroxyl groups is 1. The number of aromatic amines is 1. The Labute approximate surface area is 135 Å². The Bertz CT molecular complexity index is 603. The average Bonchev–Trinajstić information content (AvgIpc) is 2.48. The Hall–Kier alpha value is -2.14. The van der Waals surface area contributed by atoms with Crippen molar-refractivity contribution >= 4 is 11.7 Å². The molecular formula is C13H18F3N3O5. The van der Waals surface area contributed by atoms with Gasteiger partial charge in [-0.3, -0.25) is 9.59 Å². The minimum absolute atomic E-state index is 0.0304. The lowest BCUT2D eigenvalue weighted by Gasteiger charge is -2.23. The molecule has 0 bridgehead atoms. The van der Waals surface area contributed by atoms with E-state index in [0.717, 1.165) is 6.20 Å². The highest BCUT2D eigenvalue weighted by Crippen LogP contribution is 2.31. The molecule has 0 amide bonds. The summed E-state index contributed by atoms with van der Waals surface area (Å²) < 4.78 is 48.4. The number of hydrogen-bond donors (Lipinski definition) is 3. The molecule has 1 aromatic rings. The van der Waals surface area contributed by atoms with Gasteiger partial charge in [-0.15, -0.1) is 0 Å².